The number of H-pyrrole nitrogens is 1. The number of hydrogen-bond acceptors (Lipinski definition) is 5. The summed E-state index contributed by atoms with van der Waals surface area (Å²) in [7, 11) is -0.306. The summed E-state index contributed by atoms with van der Waals surface area (Å²) in [5.41, 5.74) is 1.02. The lowest BCUT2D eigenvalue weighted by atomic mass is 10.3. The molecular formula is C11H22N4O3S. The molecule has 0 aliphatic rings. The molecule has 19 heavy (non-hydrogen) atoms. The molecule has 1 unspecified atom stereocenters. The Morgan fingerprint density at radius 3 is 2.68 bits per heavy atom. The van der Waals surface area contributed by atoms with Crippen molar-refractivity contribution in [3.05, 3.63) is 11.4 Å². The first-order valence-electron chi connectivity index (χ1n) is 6.16. The van der Waals surface area contributed by atoms with Crippen molar-refractivity contribution in [3.63, 3.8) is 0 Å². The predicted octanol–water partition coefficient (Wildman–Crippen LogP) is 0.141. The van der Waals surface area contributed by atoms with Crippen LogP contribution in [0.3, 0.4) is 0 Å². The highest BCUT2D eigenvalue weighted by atomic mass is 32.2. The Kier molecular flexibility index (Phi) is 5.92. The van der Waals surface area contributed by atoms with E-state index in [1.54, 1.807) is 21.1 Å². The summed E-state index contributed by atoms with van der Waals surface area (Å²) >= 11 is 0. The number of nitrogens with one attached hydrogen (secondary N) is 3. The number of rotatable bonds is 8. The van der Waals surface area contributed by atoms with E-state index >= 15 is 0 Å². The van der Waals surface area contributed by atoms with E-state index in [-0.39, 0.29) is 10.9 Å². The first-order valence-corrected chi connectivity index (χ1v) is 7.64. The normalized spacial score (nSPS) is 13.7. The van der Waals surface area contributed by atoms with Crippen molar-refractivity contribution in [1.29, 1.82) is 0 Å². The summed E-state index contributed by atoms with van der Waals surface area (Å²) in [4.78, 5) is 0.219. The number of sulfonamides is 1. The summed E-state index contributed by atoms with van der Waals surface area (Å²) < 4.78 is 32.4. The maximum Gasteiger partial charge on any atom is 0.244 e. The van der Waals surface area contributed by atoms with Crippen LogP contribution in [0.4, 0.5) is 0 Å². The monoisotopic (exact) mass is 290 g/mol. The van der Waals surface area contributed by atoms with Crippen molar-refractivity contribution in [2.45, 2.75) is 37.8 Å². The van der Waals surface area contributed by atoms with Gasteiger partial charge in [-0.2, -0.15) is 5.10 Å². The Bertz CT molecular complexity index is 498. The van der Waals surface area contributed by atoms with E-state index in [4.69, 9.17) is 4.74 Å². The molecule has 0 aliphatic heterocycles. The minimum atomic E-state index is -3.60. The van der Waals surface area contributed by atoms with Gasteiger partial charge in [-0.05, 0) is 20.4 Å². The Morgan fingerprint density at radius 1 is 1.47 bits per heavy atom. The van der Waals surface area contributed by atoms with E-state index in [2.05, 4.69) is 20.2 Å². The lowest BCUT2D eigenvalue weighted by molar-refractivity contribution is 0.173. The first-order chi connectivity index (χ1) is 8.96. The number of aromatic nitrogens is 2. The van der Waals surface area contributed by atoms with Crippen molar-refractivity contribution in [1.82, 2.24) is 20.2 Å². The van der Waals surface area contributed by atoms with Crippen LogP contribution in [0.25, 0.3) is 0 Å². The third kappa shape index (κ3) is 4.00. The third-order valence-corrected chi connectivity index (χ3v) is 4.48. The van der Waals surface area contributed by atoms with E-state index < -0.39 is 10.0 Å². The van der Waals surface area contributed by atoms with Gasteiger partial charge in [0.15, 0.2) is 0 Å². The van der Waals surface area contributed by atoms with Crippen LogP contribution in [0.15, 0.2) is 4.90 Å². The number of nitrogens with zero attached hydrogens (tertiary/aromatic N) is 1. The second-order valence-electron chi connectivity index (χ2n) is 4.34. The van der Waals surface area contributed by atoms with Crippen LogP contribution in [-0.2, 0) is 21.3 Å². The second kappa shape index (κ2) is 6.99. The van der Waals surface area contributed by atoms with E-state index in [9.17, 15) is 8.42 Å². The first kappa shape index (κ1) is 16.1. The number of aryl methyl sites for hydroxylation is 1. The van der Waals surface area contributed by atoms with Gasteiger partial charge >= 0.3 is 0 Å². The molecule has 0 spiro atoms. The number of aromatic amines is 1. The Balaban J connectivity index is 3.02. The molecule has 1 aromatic heterocycles. The van der Waals surface area contributed by atoms with Gasteiger partial charge in [-0.3, -0.25) is 5.10 Å². The predicted molar refractivity (Wildman–Crippen MR) is 72.4 cm³/mol. The number of methoxy groups -OCH3 is 1. The van der Waals surface area contributed by atoms with Crippen LogP contribution in [-0.4, -0.2) is 45.4 Å². The summed E-state index contributed by atoms with van der Waals surface area (Å²) in [6.45, 7) is 4.33. The molecule has 0 saturated heterocycles. The highest BCUT2D eigenvalue weighted by molar-refractivity contribution is 7.89. The third-order valence-electron chi connectivity index (χ3n) is 2.76. The topological polar surface area (TPSA) is 96.1 Å². The molecule has 1 atom stereocenters. The van der Waals surface area contributed by atoms with Gasteiger partial charge in [0.25, 0.3) is 0 Å². The molecule has 0 saturated carbocycles. The van der Waals surface area contributed by atoms with Crippen LogP contribution < -0.4 is 10.0 Å². The van der Waals surface area contributed by atoms with Crippen molar-refractivity contribution in [3.8, 4) is 0 Å². The SMILES string of the molecule is CCC(COC)NS(=O)(=O)c1c(CNC)n[nH]c1C. The molecular weight excluding hydrogens is 268 g/mol. The standard InChI is InChI=1S/C11H22N4O3S/c1-5-9(7-18-4)15-19(16,17)11-8(2)13-14-10(11)6-12-3/h9,12,15H,5-7H2,1-4H3,(H,13,14). The zero-order chi connectivity index (χ0) is 14.5. The van der Waals surface area contributed by atoms with Gasteiger partial charge < -0.3 is 10.1 Å². The maximum atomic E-state index is 12.4. The fourth-order valence-electron chi connectivity index (χ4n) is 1.83. The number of hydrogen-bond donors (Lipinski definition) is 3. The average molecular weight is 290 g/mol. The molecule has 0 bridgehead atoms. The summed E-state index contributed by atoms with van der Waals surface area (Å²) in [5, 5.41) is 9.63. The summed E-state index contributed by atoms with van der Waals surface area (Å²) in [6.07, 6.45) is 0.658. The van der Waals surface area contributed by atoms with Crippen molar-refractivity contribution in [2.75, 3.05) is 20.8 Å². The maximum absolute atomic E-state index is 12.4. The Labute approximate surface area is 114 Å². The zero-order valence-electron chi connectivity index (χ0n) is 11.8. The van der Waals surface area contributed by atoms with Crippen LogP contribution >= 0.6 is 0 Å². The number of ether oxygens (including phenoxy) is 1. The molecule has 7 nitrogen and oxygen atoms in total. The van der Waals surface area contributed by atoms with Gasteiger partial charge in [0, 0.05) is 19.7 Å². The van der Waals surface area contributed by atoms with E-state index in [1.807, 2.05) is 6.92 Å². The molecule has 0 radical (unpaired) electrons. The lowest BCUT2D eigenvalue weighted by Gasteiger charge is -2.16. The van der Waals surface area contributed by atoms with Crippen molar-refractivity contribution in [2.24, 2.45) is 0 Å². The summed E-state index contributed by atoms with van der Waals surface area (Å²) in [5.74, 6) is 0. The molecule has 1 heterocycles. The molecule has 0 fully saturated rings. The Morgan fingerprint density at radius 2 is 2.16 bits per heavy atom. The van der Waals surface area contributed by atoms with Crippen LogP contribution in [0, 0.1) is 6.92 Å². The summed E-state index contributed by atoms with van der Waals surface area (Å²) in [6, 6.07) is -0.244. The van der Waals surface area contributed by atoms with Crippen LogP contribution in [0.1, 0.15) is 24.7 Å². The highest BCUT2D eigenvalue weighted by Crippen LogP contribution is 2.18. The molecule has 8 heteroatoms. The molecule has 0 amide bonds. The van der Waals surface area contributed by atoms with Crippen molar-refractivity contribution < 1.29 is 13.2 Å². The van der Waals surface area contributed by atoms with E-state index in [0.29, 0.717) is 31.0 Å². The smallest absolute Gasteiger partial charge is 0.244 e. The quantitative estimate of drug-likeness (QED) is 0.633. The van der Waals surface area contributed by atoms with Gasteiger partial charge in [-0.25, -0.2) is 13.1 Å². The molecule has 1 rings (SSSR count). The molecule has 110 valence electrons. The van der Waals surface area contributed by atoms with E-state index in [1.165, 1.54) is 0 Å². The minimum absolute atomic E-state index is 0.219. The van der Waals surface area contributed by atoms with Crippen LogP contribution in [0.5, 0.6) is 0 Å². The second-order valence-corrected chi connectivity index (χ2v) is 5.99. The zero-order valence-corrected chi connectivity index (χ0v) is 12.6. The van der Waals surface area contributed by atoms with Gasteiger partial charge in [0.05, 0.1) is 18.0 Å². The fourth-order valence-corrected chi connectivity index (χ4v) is 3.50. The molecule has 3 N–H and O–H groups in total. The van der Waals surface area contributed by atoms with E-state index in [0.717, 1.165) is 0 Å². The van der Waals surface area contributed by atoms with Gasteiger partial charge in [0.2, 0.25) is 10.0 Å². The largest absolute Gasteiger partial charge is 0.383 e. The van der Waals surface area contributed by atoms with Gasteiger partial charge in [-0.15, -0.1) is 0 Å². The average Bonchev–Trinajstić information content (AvgIpc) is 2.71. The van der Waals surface area contributed by atoms with Crippen LogP contribution in [0.2, 0.25) is 0 Å². The van der Waals surface area contributed by atoms with Gasteiger partial charge in [-0.1, -0.05) is 6.92 Å². The van der Waals surface area contributed by atoms with Gasteiger partial charge in [0.1, 0.15) is 4.90 Å². The molecule has 0 aliphatic carbocycles. The Hall–Kier alpha value is -0.960. The fraction of sp³-hybridized carbons (Fsp3) is 0.727. The lowest BCUT2D eigenvalue weighted by Crippen LogP contribution is -2.38. The van der Waals surface area contributed by atoms with Crippen molar-refractivity contribution >= 4 is 10.0 Å². The minimum Gasteiger partial charge on any atom is -0.383 e. The molecule has 0 aromatic carbocycles. The highest BCUT2D eigenvalue weighted by Gasteiger charge is 2.26. The molecule has 1 aromatic rings.